The molecule has 6 nitrogen and oxygen atoms in total. The number of amides is 2. The van der Waals surface area contributed by atoms with Crippen molar-refractivity contribution in [1.82, 2.24) is 10.6 Å². The SMILES string of the molecule is COCCNC(=O)C(NC(=O)O)c1ccccc1Cl. The summed E-state index contributed by atoms with van der Waals surface area (Å²) in [5.41, 5.74) is 0.404. The van der Waals surface area contributed by atoms with E-state index in [1.54, 1.807) is 24.3 Å². The second kappa shape index (κ2) is 7.60. The van der Waals surface area contributed by atoms with Gasteiger partial charge in [0.2, 0.25) is 5.91 Å². The van der Waals surface area contributed by atoms with Crippen LogP contribution in [0, 0.1) is 0 Å². The molecule has 3 N–H and O–H groups in total. The number of halogens is 1. The monoisotopic (exact) mass is 286 g/mol. The summed E-state index contributed by atoms with van der Waals surface area (Å²) in [7, 11) is 1.51. The van der Waals surface area contributed by atoms with E-state index in [4.69, 9.17) is 21.4 Å². The lowest BCUT2D eigenvalue weighted by molar-refractivity contribution is -0.123. The first-order valence-electron chi connectivity index (χ1n) is 5.56. The highest BCUT2D eigenvalue weighted by molar-refractivity contribution is 6.31. The third-order valence-electron chi connectivity index (χ3n) is 2.35. The summed E-state index contributed by atoms with van der Waals surface area (Å²) in [6, 6.07) is 5.52. The van der Waals surface area contributed by atoms with Gasteiger partial charge in [-0.1, -0.05) is 29.8 Å². The fourth-order valence-corrected chi connectivity index (χ4v) is 1.74. The molecule has 2 amide bonds. The van der Waals surface area contributed by atoms with Crippen molar-refractivity contribution >= 4 is 23.6 Å². The first-order chi connectivity index (χ1) is 9.06. The minimum atomic E-state index is -1.30. The average Bonchev–Trinajstić information content (AvgIpc) is 2.37. The third-order valence-corrected chi connectivity index (χ3v) is 2.70. The molecule has 1 unspecified atom stereocenters. The van der Waals surface area contributed by atoms with E-state index in [-0.39, 0.29) is 6.54 Å². The predicted octanol–water partition coefficient (Wildman–Crippen LogP) is 1.41. The second-order valence-corrected chi connectivity index (χ2v) is 4.10. The van der Waals surface area contributed by atoms with Gasteiger partial charge < -0.3 is 20.5 Å². The third kappa shape index (κ3) is 4.76. The molecule has 0 aliphatic heterocycles. The van der Waals surface area contributed by atoms with Crippen LogP contribution >= 0.6 is 11.6 Å². The summed E-state index contributed by atoms with van der Waals surface area (Å²) in [6.45, 7) is 0.631. The van der Waals surface area contributed by atoms with E-state index < -0.39 is 18.0 Å². The zero-order valence-electron chi connectivity index (χ0n) is 10.4. The normalized spacial score (nSPS) is 11.7. The molecule has 0 fully saturated rings. The highest BCUT2D eigenvalue weighted by Gasteiger charge is 2.24. The maximum Gasteiger partial charge on any atom is 0.405 e. The van der Waals surface area contributed by atoms with Gasteiger partial charge in [-0.25, -0.2) is 4.79 Å². The van der Waals surface area contributed by atoms with Crippen LogP contribution in [0.15, 0.2) is 24.3 Å². The van der Waals surface area contributed by atoms with E-state index >= 15 is 0 Å². The van der Waals surface area contributed by atoms with Gasteiger partial charge in [0.1, 0.15) is 6.04 Å². The largest absolute Gasteiger partial charge is 0.465 e. The van der Waals surface area contributed by atoms with Crippen LogP contribution in [-0.2, 0) is 9.53 Å². The molecule has 0 spiro atoms. The fraction of sp³-hybridized carbons (Fsp3) is 0.333. The second-order valence-electron chi connectivity index (χ2n) is 3.69. The zero-order chi connectivity index (χ0) is 14.3. The Morgan fingerprint density at radius 1 is 1.42 bits per heavy atom. The first-order valence-corrected chi connectivity index (χ1v) is 5.94. The van der Waals surface area contributed by atoms with Gasteiger partial charge in [0.25, 0.3) is 0 Å². The molecule has 0 bridgehead atoms. The number of ether oxygens (including phenoxy) is 1. The van der Waals surface area contributed by atoms with Crippen LogP contribution in [0.2, 0.25) is 5.02 Å². The molecule has 0 radical (unpaired) electrons. The number of carboxylic acid groups (broad SMARTS) is 1. The van der Waals surface area contributed by atoms with Gasteiger partial charge >= 0.3 is 6.09 Å². The summed E-state index contributed by atoms with van der Waals surface area (Å²) in [6.07, 6.45) is -1.30. The molecule has 0 saturated heterocycles. The molecule has 19 heavy (non-hydrogen) atoms. The molecule has 104 valence electrons. The van der Waals surface area contributed by atoms with Crippen molar-refractivity contribution in [3.05, 3.63) is 34.9 Å². The molecule has 1 aromatic carbocycles. The van der Waals surface area contributed by atoms with Gasteiger partial charge in [-0.2, -0.15) is 0 Å². The van der Waals surface area contributed by atoms with Gasteiger partial charge in [0.15, 0.2) is 0 Å². The van der Waals surface area contributed by atoms with E-state index in [0.717, 1.165) is 0 Å². The lowest BCUT2D eigenvalue weighted by Crippen LogP contribution is -2.41. The lowest BCUT2D eigenvalue weighted by atomic mass is 10.1. The average molecular weight is 287 g/mol. The molecule has 1 atom stereocenters. The number of benzene rings is 1. The highest BCUT2D eigenvalue weighted by Crippen LogP contribution is 2.22. The van der Waals surface area contributed by atoms with Crippen molar-refractivity contribution in [2.45, 2.75) is 6.04 Å². The van der Waals surface area contributed by atoms with Gasteiger partial charge in [-0.15, -0.1) is 0 Å². The van der Waals surface area contributed by atoms with Gasteiger partial charge in [0.05, 0.1) is 6.61 Å². The fourth-order valence-electron chi connectivity index (χ4n) is 1.50. The number of carbonyl (C=O) groups excluding carboxylic acids is 1. The molecule has 1 rings (SSSR count). The molecular formula is C12H15ClN2O4. The lowest BCUT2D eigenvalue weighted by Gasteiger charge is -2.18. The highest BCUT2D eigenvalue weighted by atomic mass is 35.5. The van der Waals surface area contributed by atoms with Crippen molar-refractivity contribution in [2.75, 3.05) is 20.3 Å². The molecular weight excluding hydrogens is 272 g/mol. The Balaban J connectivity index is 2.86. The van der Waals surface area contributed by atoms with E-state index in [9.17, 15) is 9.59 Å². The molecule has 7 heteroatoms. The number of hydrogen-bond acceptors (Lipinski definition) is 3. The maximum absolute atomic E-state index is 12.0. The molecule has 0 aromatic heterocycles. The van der Waals surface area contributed by atoms with E-state index in [1.807, 2.05) is 0 Å². The van der Waals surface area contributed by atoms with Crippen LogP contribution in [0.4, 0.5) is 4.79 Å². The van der Waals surface area contributed by atoms with Crippen LogP contribution < -0.4 is 10.6 Å². The molecule has 0 aliphatic carbocycles. The van der Waals surface area contributed by atoms with Crippen molar-refractivity contribution in [3.63, 3.8) is 0 Å². The zero-order valence-corrected chi connectivity index (χ0v) is 11.1. The number of methoxy groups -OCH3 is 1. The van der Waals surface area contributed by atoms with Crippen molar-refractivity contribution < 1.29 is 19.4 Å². The summed E-state index contributed by atoms with van der Waals surface area (Å²) in [5.74, 6) is -0.479. The van der Waals surface area contributed by atoms with Crippen LogP contribution in [0.1, 0.15) is 11.6 Å². The van der Waals surface area contributed by atoms with Gasteiger partial charge in [-0.05, 0) is 6.07 Å². The summed E-state index contributed by atoms with van der Waals surface area (Å²) >= 11 is 5.97. The van der Waals surface area contributed by atoms with Crippen LogP contribution in [-0.4, -0.2) is 37.4 Å². The van der Waals surface area contributed by atoms with Crippen LogP contribution in [0.25, 0.3) is 0 Å². The Labute approximate surface area is 115 Å². The Kier molecular flexibility index (Phi) is 6.11. The summed E-state index contributed by atoms with van der Waals surface area (Å²) in [5, 5.41) is 13.8. The molecule has 0 aliphatic rings. The summed E-state index contributed by atoms with van der Waals surface area (Å²) in [4.78, 5) is 22.7. The van der Waals surface area contributed by atoms with E-state index in [0.29, 0.717) is 17.2 Å². The van der Waals surface area contributed by atoms with Crippen molar-refractivity contribution in [1.29, 1.82) is 0 Å². The Hall–Kier alpha value is -1.79. The smallest absolute Gasteiger partial charge is 0.405 e. The Morgan fingerprint density at radius 3 is 2.68 bits per heavy atom. The van der Waals surface area contributed by atoms with Crippen molar-refractivity contribution in [3.8, 4) is 0 Å². The minimum absolute atomic E-state index is 0.289. The Morgan fingerprint density at radius 2 is 2.11 bits per heavy atom. The van der Waals surface area contributed by atoms with Gasteiger partial charge in [0, 0.05) is 24.2 Å². The number of hydrogen-bond donors (Lipinski definition) is 3. The number of carbonyl (C=O) groups is 2. The van der Waals surface area contributed by atoms with E-state index in [1.165, 1.54) is 7.11 Å². The standard InChI is InChI=1S/C12H15ClN2O4/c1-19-7-6-14-11(16)10(15-12(17)18)8-4-2-3-5-9(8)13/h2-5,10,15H,6-7H2,1H3,(H,14,16)(H,17,18). The number of nitrogens with one attached hydrogen (secondary N) is 2. The van der Waals surface area contributed by atoms with Gasteiger partial charge in [-0.3, -0.25) is 4.79 Å². The predicted molar refractivity (Wildman–Crippen MR) is 70.2 cm³/mol. The number of rotatable bonds is 6. The van der Waals surface area contributed by atoms with Crippen LogP contribution in [0.5, 0.6) is 0 Å². The topological polar surface area (TPSA) is 87.7 Å². The van der Waals surface area contributed by atoms with E-state index in [2.05, 4.69) is 10.6 Å². The molecule has 0 saturated carbocycles. The van der Waals surface area contributed by atoms with Crippen LogP contribution in [0.3, 0.4) is 0 Å². The molecule has 0 heterocycles. The molecule has 1 aromatic rings. The minimum Gasteiger partial charge on any atom is -0.465 e. The quantitative estimate of drug-likeness (QED) is 0.690. The Bertz CT molecular complexity index is 453. The summed E-state index contributed by atoms with van der Waals surface area (Å²) < 4.78 is 4.80. The maximum atomic E-state index is 12.0. The first kappa shape index (κ1) is 15.3. The van der Waals surface area contributed by atoms with Crippen molar-refractivity contribution in [2.24, 2.45) is 0 Å².